The first-order chi connectivity index (χ1) is 15.3. The van der Waals surface area contributed by atoms with Crippen LogP contribution in [0.3, 0.4) is 0 Å². The molecular weight excluding hydrogens is 471 g/mol. The number of amides is 1. The summed E-state index contributed by atoms with van der Waals surface area (Å²) in [6, 6.07) is 11.0. The van der Waals surface area contributed by atoms with E-state index < -0.39 is 9.84 Å². The van der Waals surface area contributed by atoms with Gasteiger partial charge in [-0.15, -0.1) is 11.8 Å². The highest BCUT2D eigenvalue weighted by Crippen LogP contribution is 2.32. The van der Waals surface area contributed by atoms with Crippen molar-refractivity contribution in [1.29, 1.82) is 0 Å². The van der Waals surface area contributed by atoms with Crippen LogP contribution in [0.15, 0.2) is 52.3 Å². The fourth-order valence-corrected chi connectivity index (χ4v) is 6.03. The van der Waals surface area contributed by atoms with E-state index in [9.17, 15) is 17.6 Å². The summed E-state index contributed by atoms with van der Waals surface area (Å²) in [4.78, 5) is 20.5. The average molecular weight is 495 g/mol. The summed E-state index contributed by atoms with van der Waals surface area (Å²) in [5.74, 6) is 0.191. The lowest BCUT2D eigenvalue weighted by Crippen LogP contribution is -2.37. The Morgan fingerprint density at radius 1 is 1.28 bits per heavy atom. The lowest BCUT2D eigenvalue weighted by atomic mass is 10.2. The number of nitrogens with zero attached hydrogens (tertiary/aromatic N) is 2. The van der Waals surface area contributed by atoms with Crippen molar-refractivity contribution in [2.45, 2.75) is 35.2 Å². The van der Waals surface area contributed by atoms with E-state index in [0.29, 0.717) is 40.7 Å². The van der Waals surface area contributed by atoms with Crippen molar-refractivity contribution in [1.82, 2.24) is 4.98 Å². The van der Waals surface area contributed by atoms with Gasteiger partial charge in [-0.1, -0.05) is 11.3 Å². The van der Waals surface area contributed by atoms with Gasteiger partial charge >= 0.3 is 0 Å². The molecule has 6 nitrogen and oxygen atoms in total. The Kier molecular flexibility index (Phi) is 7.14. The predicted octanol–water partition coefficient (Wildman–Crippen LogP) is 4.53. The quantitative estimate of drug-likeness (QED) is 0.428. The highest BCUT2D eigenvalue weighted by Gasteiger charge is 2.26. The summed E-state index contributed by atoms with van der Waals surface area (Å²) in [5.41, 5.74) is 0.656. The maximum absolute atomic E-state index is 13.1. The lowest BCUT2D eigenvalue weighted by Gasteiger charge is -2.23. The smallest absolute Gasteiger partial charge is 0.229 e. The molecule has 1 saturated heterocycles. The van der Waals surface area contributed by atoms with E-state index in [4.69, 9.17) is 4.74 Å². The zero-order chi connectivity index (χ0) is 22.7. The van der Waals surface area contributed by atoms with Crippen LogP contribution >= 0.6 is 23.1 Å². The highest BCUT2D eigenvalue weighted by molar-refractivity contribution is 7.99. The molecule has 1 aromatic heterocycles. The van der Waals surface area contributed by atoms with Crippen LogP contribution in [0.4, 0.5) is 9.52 Å². The zero-order valence-corrected chi connectivity index (χ0v) is 19.9. The summed E-state index contributed by atoms with van der Waals surface area (Å²) in [6.45, 7) is 1.10. The van der Waals surface area contributed by atoms with Crippen molar-refractivity contribution in [3.8, 4) is 0 Å². The summed E-state index contributed by atoms with van der Waals surface area (Å²) in [5, 5.41) is 0.540. The number of sulfone groups is 1. The third-order valence-corrected chi connectivity index (χ3v) is 8.28. The van der Waals surface area contributed by atoms with E-state index in [2.05, 4.69) is 4.98 Å². The number of thiazole rings is 1. The van der Waals surface area contributed by atoms with Gasteiger partial charge < -0.3 is 4.74 Å². The van der Waals surface area contributed by atoms with Crippen LogP contribution in [0.5, 0.6) is 0 Å². The van der Waals surface area contributed by atoms with Crippen molar-refractivity contribution in [3.63, 3.8) is 0 Å². The van der Waals surface area contributed by atoms with Crippen molar-refractivity contribution in [3.05, 3.63) is 48.3 Å². The van der Waals surface area contributed by atoms with E-state index in [0.717, 1.165) is 17.7 Å². The third kappa shape index (κ3) is 5.67. The number of anilines is 1. The Morgan fingerprint density at radius 2 is 2.06 bits per heavy atom. The fourth-order valence-electron chi connectivity index (χ4n) is 3.44. The van der Waals surface area contributed by atoms with E-state index in [-0.39, 0.29) is 22.7 Å². The van der Waals surface area contributed by atoms with Gasteiger partial charge in [0.05, 0.1) is 27.8 Å². The van der Waals surface area contributed by atoms with Gasteiger partial charge in [-0.25, -0.2) is 17.8 Å². The van der Waals surface area contributed by atoms with E-state index >= 15 is 0 Å². The van der Waals surface area contributed by atoms with Gasteiger partial charge in [0.15, 0.2) is 15.0 Å². The van der Waals surface area contributed by atoms with Crippen LogP contribution < -0.4 is 4.90 Å². The number of halogens is 1. The van der Waals surface area contributed by atoms with Gasteiger partial charge in [0.25, 0.3) is 0 Å². The Balaban J connectivity index is 1.52. The number of rotatable bonds is 8. The number of aromatic nitrogens is 1. The first kappa shape index (κ1) is 23.2. The second kappa shape index (κ2) is 9.86. The van der Waals surface area contributed by atoms with Gasteiger partial charge in [-0.2, -0.15) is 0 Å². The molecule has 4 rings (SSSR count). The Bertz CT molecular complexity index is 1210. The topological polar surface area (TPSA) is 76.6 Å². The predicted molar refractivity (Wildman–Crippen MR) is 126 cm³/mol. The van der Waals surface area contributed by atoms with Gasteiger partial charge in [0.1, 0.15) is 5.82 Å². The van der Waals surface area contributed by atoms with Crippen molar-refractivity contribution >= 4 is 54.2 Å². The molecule has 0 aliphatic carbocycles. The number of thioether (sulfide) groups is 1. The van der Waals surface area contributed by atoms with Gasteiger partial charge in [0.2, 0.25) is 5.91 Å². The molecule has 1 fully saturated rings. The highest BCUT2D eigenvalue weighted by atomic mass is 32.2. The molecule has 1 amide bonds. The molecule has 1 atom stereocenters. The molecule has 1 aliphatic heterocycles. The molecule has 170 valence electrons. The number of carbonyl (C=O) groups excluding carboxylic acids is 1. The fraction of sp³-hybridized carbons (Fsp3) is 0.364. The standard InChI is InChI=1S/C22H23FN2O4S3/c1-32(27,28)18-8-9-19-20(13-18)31-22(24-19)25(14-16-3-2-11-29-16)21(26)10-12-30-17-6-4-15(23)5-7-17/h4-9,13,16H,2-3,10-12,14H2,1H3. The molecule has 2 heterocycles. The van der Waals surface area contributed by atoms with Crippen molar-refractivity contribution < 1.29 is 22.3 Å². The summed E-state index contributed by atoms with van der Waals surface area (Å²) in [7, 11) is -3.33. The number of benzene rings is 2. The Labute approximate surface area is 194 Å². The summed E-state index contributed by atoms with van der Waals surface area (Å²) < 4.78 is 43.3. The second-order valence-electron chi connectivity index (χ2n) is 7.59. The average Bonchev–Trinajstić information content (AvgIpc) is 3.41. The van der Waals surface area contributed by atoms with Crippen LogP contribution in [-0.2, 0) is 19.4 Å². The van der Waals surface area contributed by atoms with Crippen molar-refractivity contribution in [2.24, 2.45) is 0 Å². The minimum absolute atomic E-state index is 0.0395. The van der Waals surface area contributed by atoms with E-state index in [1.165, 1.54) is 47.6 Å². The van der Waals surface area contributed by atoms with Crippen LogP contribution in [0.2, 0.25) is 0 Å². The molecule has 1 aliphatic rings. The molecular formula is C22H23FN2O4S3. The summed E-state index contributed by atoms with van der Waals surface area (Å²) in [6.07, 6.45) is 3.27. The van der Waals surface area contributed by atoms with E-state index in [1.54, 1.807) is 29.2 Å². The molecule has 2 aromatic carbocycles. The monoisotopic (exact) mass is 494 g/mol. The molecule has 3 aromatic rings. The minimum atomic E-state index is -3.33. The molecule has 1 unspecified atom stereocenters. The Hall–Kier alpha value is -2.01. The van der Waals surface area contributed by atoms with Gasteiger partial charge in [-0.3, -0.25) is 9.69 Å². The molecule has 0 saturated carbocycles. The maximum Gasteiger partial charge on any atom is 0.229 e. The van der Waals surface area contributed by atoms with Crippen LogP contribution in [0.1, 0.15) is 19.3 Å². The number of ether oxygens (including phenoxy) is 1. The molecule has 0 N–H and O–H groups in total. The van der Waals surface area contributed by atoms with Crippen LogP contribution in [-0.4, -0.2) is 50.6 Å². The number of carbonyl (C=O) groups is 1. The van der Waals surface area contributed by atoms with Crippen LogP contribution in [0, 0.1) is 5.82 Å². The molecule has 10 heteroatoms. The molecule has 0 spiro atoms. The SMILES string of the molecule is CS(=O)(=O)c1ccc2nc(N(CC3CCCO3)C(=O)CCSc3ccc(F)cc3)sc2c1. The Morgan fingerprint density at radius 3 is 2.75 bits per heavy atom. The van der Waals surface area contributed by atoms with Crippen LogP contribution in [0.25, 0.3) is 10.2 Å². The normalized spacial score (nSPS) is 16.5. The van der Waals surface area contributed by atoms with Gasteiger partial charge in [-0.05, 0) is 55.3 Å². The van der Waals surface area contributed by atoms with Crippen molar-refractivity contribution in [2.75, 3.05) is 30.1 Å². The molecule has 0 radical (unpaired) electrons. The number of fused-ring (bicyclic) bond motifs is 1. The van der Waals surface area contributed by atoms with E-state index in [1.807, 2.05) is 0 Å². The third-order valence-electron chi connectivity index (χ3n) is 5.12. The minimum Gasteiger partial charge on any atom is -0.376 e. The number of hydrogen-bond acceptors (Lipinski definition) is 7. The number of hydrogen-bond donors (Lipinski definition) is 0. The maximum atomic E-state index is 13.1. The zero-order valence-electron chi connectivity index (χ0n) is 17.5. The second-order valence-corrected chi connectivity index (χ2v) is 11.8. The molecule has 0 bridgehead atoms. The van der Waals surface area contributed by atoms with Gasteiger partial charge in [0, 0.05) is 29.9 Å². The lowest BCUT2D eigenvalue weighted by molar-refractivity contribution is -0.118. The first-order valence-electron chi connectivity index (χ1n) is 10.2. The largest absolute Gasteiger partial charge is 0.376 e. The summed E-state index contributed by atoms with van der Waals surface area (Å²) >= 11 is 2.80. The first-order valence-corrected chi connectivity index (χ1v) is 13.9. The molecule has 32 heavy (non-hydrogen) atoms.